The second-order valence-electron chi connectivity index (χ2n) is 6.05. The zero-order valence-corrected chi connectivity index (χ0v) is 17.1. The molecule has 2 aromatic heterocycles. The molecule has 1 amide bonds. The number of carbonyl (C=O) groups excluding carboxylic acids is 1. The van der Waals surface area contributed by atoms with Gasteiger partial charge < -0.3 is 9.55 Å². The average molecular weight is 419 g/mol. The molecule has 0 unspecified atom stereocenters. The Morgan fingerprint density at radius 2 is 2.18 bits per heavy atom. The van der Waals surface area contributed by atoms with Crippen LogP contribution in [0.15, 0.2) is 50.8 Å². The van der Waals surface area contributed by atoms with Gasteiger partial charge in [0, 0.05) is 34.8 Å². The number of thiazole rings is 1. The normalized spacial score (nSPS) is 11.8. The van der Waals surface area contributed by atoms with Crippen molar-refractivity contribution in [2.24, 2.45) is 4.99 Å². The quantitative estimate of drug-likeness (QED) is 0.493. The summed E-state index contributed by atoms with van der Waals surface area (Å²) in [6.07, 6.45) is 3.96. The van der Waals surface area contributed by atoms with Crippen molar-refractivity contribution in [2.75, 3.05) is 6.26 Å². The zero-order valence-electron chi connectivity index (χ0n) is 15.4. The number of carbonyl (C=O) groups is 1. The molecule has 0 aliphatic heterocycles. The number of amides is 1. The number of halogens is 1. The fourth-order valence-electron chi connectivity index (χ4n) is 2.69. The Morgan fingerprint density at radius 3 is 2.89 bits per heavy atom. The SMILES string of the molecule is CSc1nc(C)c(CCC(=O)N=c2sccn2Cc2ccccc2F)c(=O)[nH]1. The lowest BCUT2D eigenvalue weighted by Gasteiger charge is -2.05. The summed E-state index contributed by atoms with van der Waals surface area (Å²) in [5.41, 5.74) is 1.41. The van der Waals surface area contributed by atoms with Crippen molar-refractivity contribution in [3.05, 3.63) is 73.6 Å². The zero-order chi connectivity index (χ0) is 20.1. The number of benzene rings is 1. The second-order valence-corrected chi connectivity index (χ2v) is 7.72. The predicted octanol–water partition coefficient (Wildman–Crippen LogP) is 2.91. The standard InChI is InChI=1S/C19H19FN4O2S2/c1-12-14(17(26)23-18(21-12)27-2)7-8-16(25)22-19-24(9-10-28-19)11-13-5-3-4-6-15(13)20/h3-6,9-10H,7-8,11H2,1-2H3,(H,21,23,26). The molecule has 3 aromatic rings. The Kier molecular flexibility index (Phi) is 6.58. The van der Waals surface area contributed by atoms with Crippen molar-refractivity contribution in [1.82, 2.24) is 14.5 Å². The van der Waals surface area contributed by atoms with Gasteiger partial charge in [0.05, 0.1) is 6.54 Å². The molecule has 0 spiro atoms. The highest BCUT2D eigenvalue weighted by molar-refractivity contribution is 7.98. The number of nitrogens with zero attached hydrogens (tertiary/aromatic N) is 3. The summed E-state index contributed by atoms with van der Waals surface area (Å²) in [7, 11) is 0. The number of thioether (sulfide) groups is 1. The van der Waals surface area contributed by atoms with E-state index in [1.807, 2.05) is 6.26 Å². The van der Waals surface area contributed by atoms with E-state index in [0.29, 0.717) is 33.3 Å². The lowest BCUT2D eigenvalue weighted by atomic mass is 10.1. The smallest absolute Gasteiger partial charge is 0.254 e. The Morgan fingerprint density at radius 1 is 1.39 bits per heavy atom. The van der Waals surface area contributed by atoms with Crippen LogP contribution >= 0.6 is 23.1 Å². The van der Waals surface area contributed by atoms with Crippen molar-refractivity contribution in [3.8, 4) is 0 Å². The highest BCUT2D eigenvalue weighted by atomic mass is 32.2. The fourth-order valence-corrected chi connectivity index (χ4v) is 3.86. The number of nitrogens with one attached hydrogen (secondary N) is 1. The van der Waals surface area contributed by atoms with E-state index in [9.17, 15) is 14.0 Å². The topological polar surface area (TPSA) is 80.1 Å². The molecule has 3 rings (SSSR count). The molecule has 1 N–H and O–H groups in total. The summed E-state index contributed by atoms with van der Waals surface area (Å²) in [5.74, 6) is -0.633. The van der Waals surface area contributed by atoms with E-state index in [1.54, 1.807) is 41.3 Å². The molecule has 0 radical (unpaired) electrons. The molecule has 9 heteroatoms. The minimum absolute atomic E-state index is 0.0990. The van der Waals surface area contributed by atoms with Gasteiger partial charge in [0.2, 0.25) is 5.91 Å². The van der Waals surface area contributed by atoms with E-state index in [-0.39, 0.29) is 30.1 Å². The van der Waals surface area contributed by atoms with Gasteiger partial charge in [0.1, 0.15) is 5.82 Å². The van der Waals surface area contributed by atoms with Gasteiger partial charge >= 0.3 is 0 Å². The highest BCUT2D eigenvalue weighted by Crippen LogP contribution is 2.10. The van der Waals surface area contributed by atoms with Crippen LogP contribution in [0.4, 0.5) is 4.39 Å². The van der Waals surface area contributed by atoms with Gasteiger partial charge in [-0.2, -0.15) is 4.99 Å². The molecule has 0 fully saturated rings. The van der Waals surface area contributed by atoms with Crippen LogP contribution in [-0.4, -0.2) is 26.7 Å². The Balaban J connectivity index is 1.74. The summed E-state index contributed by atoms with van der Waals surface area (Å²) in [6.45, 7) is 2.05. The minimum atomic E-state index is -0.336. The maximum atomic E-state index is 13.9. The molecule has 0 aliphatic carbocycles. The lowest BCUT2D eigenvalue weighted by Crippen LogP contribution is -2.20. The van der Waals surface area contributed by atoms with Gasteiger partial charge in [-0.3, -0.25) is 9.59 Å². The largest absolute Gasteiger partial charge is 0.319 e. The van der Waals surface area contributed by atoms with Gasteiger partial charge in [0.15, 0.2) is 9.96 Å². The van der Waals surface area contributed by atoms with Crippen LogP contribution in [0.3, 0.4) is 0 Å². The fraction of sp³-hybridized carbons (Fsp3) is 0.263. The van der Waals surface area contributed by atoms with Gasteiger partial charge in [-0.1, -0.05) is 30.0 Å². The third-order valence-corrected chi connectivity index (χ3v) is 5.54. The van der Waals surface area contributed by atoms with E-state index in [2.05, 4.69) is 15.0 Å². The number of hydrogen-bond donors (Lipinski definition) is 1. The number of aromatic amines is 1. The van der Waals surface area contributed by atoms with E-state index in [0.717, 1.165) is 0 Å². The van der Waals surface area contributed by atoms with Crippen LogP contribution in [0.1, 0.15) is 23.2 Å². The predicted molar refractivity (Wildman–Crippen MR) is 108 cm³/mol. The van der Waals surface area contributed by atoms with Crippen LogP contribution in [0.2, 0.25) is 0 Å². The van der Waals surface area contributed by atoms with Crippen LogP contribution < -0.4 is 10.4 Å². The molecule has 0 bridgehead atoms. The van der Waals surface area contributed by atoms with Gasteiger partial charge in [0.25, 0.3) is 5.56 Å². The molecule has 28 heavy (non-hydrogen) atoms. The van der Waals surface area contributed by atoms with Crippen LogP contribution in [0.5, 0.6) is 0 Å². The number of H-pyrrole nitrogens is 1. The highest BCUT2D eigenvalue weighted by Gasteiger charge is 2.11. The summed E-state index contributed by atoms with van der Waals surface area (Å²) < 4.78 is 15.6. The summed E-state index contributed by atoms with van der Waals surface area (Å²) in [4.78, 5) is 36.1. The van der Waals surface area contributed by atoms with Gasteiger partial charge in [-0.05, 0) is 25.7 Å². The van der Waals surface area contributed by atoms with E-state index in [4.69, 9.17) is 0 Å². The molecule has 6 nitrogen and oxygen atoms in total. The number of rotatable bonds is 6. The van der Waals surface area contributed by atoms with E-state index >= 15 is 0 Å². The van der Waals surface area contributed by atoms with Crippen molar-refractivity contribution >= 4 is 29.0 Å². The maximum Gasteiger partial charge on any atom is 0.254 e. The molecule has 1 aromatic carbocycles. The summed E-state index contributed by atoms with van der Waals surface area (Å²) in [6, 6.07) is 6.51. The first-order valence-corrected chi connectivity index (χ1v) is 10.7. The molecule has 0 aliphatic rings. The Labute approximate surface area is 169 Å². The molecule has 146 valence electrons. The van der Waals surface area contributed by atoms with Crippen molar-refractivity contribution in [1.29, 1.82) is 0 Å². The van der Waals surface area contributed by atoms with E-state index in [1.165, 1.54) is 29.2 Å². The number of aromatic nitrogens is 3. The van der Waals surface area contributed by atoms with Crippen molar-refractivity contribution in [3.63, 3.8) is 0 Å². The molecular weight excluding hydrogens is 399 g/mol. The first-order chi connectivity index (χ1) is 13.5. The number of hydrogen-bond acceptors (Lipinski definition) is 5. The molecule has 0 atom stereocenters. The van der Waals surface area contributed by atoms with Crippen LogP contribution in [-0.2, 0) is 17.8 Å². The second kappa shape index (κ2) is 9.11. The third-order valence-electron chi connectivity index (χ3n) is 4.16. The van der Waals surface area contributed by atoms with E-state index < -0.39 is 0 Å². The molecule has 0 saturated carbocycles. The van der Waals surface area contributed by atoms with Gasteiger partial charge in [-0.25, -0.2) is 9.37 Å². The van der Waals surface area contributed by atoms with Crippen LogP contribution in [0.25, 0.3) is 0 Å². The minimum Gasteiger partial charge on any atom is -0.319 e. The summed E-state index contributed by atoms with van der Waals surface area (Å²) >= 11 is 2.66. The van der Waals surface area contributed by atoms with Crippen molar-refractivity contribution < 1.29 is 9.18 Å². The van der Waals surface area contributed by atoms with Crippen LogP contribution in [0, 0.1) is 12.7 Å². The molecular formula is C19H19FN4O2S2. The molecule has 2 heterocycles. The number of aryl methyl sites for hydroxylation is 1. The first kappa shape index (κ1) is 20.2. The monoisotopic (exact) mass is 418 g/mol. The Bertz CT molecular complexity index is 1120. The average Bonchev–Trinajstić information content (AvgIpc) is 3.09. The summed E-state index contributed by atoms with van der Waals surface area (Å²) in [5, 5.41) is 2.35. The Hall–Kier alpha value is -2.52. The van der Waals surface area contributed by atoms with Crippen molar-refractivity contribution in [2.45, 2.75) is 31.5 Å². The van der Waals surface area contributed by atoms with Gasteiger partial charge in [-0.15, -0.1) is 11.3 Å². The maximum absolute atomic E-state index is 13.9. The lowest BCUT2D eigenvalue weighted by molar-refractivity contribution is -0.118. The first-order valence-electron chi connectivity index (χ1n) is 8.56. The molecule has 0 saturated heterocycles. The third kappa shape index (κ3) is 4.85.